The van der Waals surface area contributed by atoms with Crippen LogP contribution in [0, 0.1) is 24.0 Å². The largest absolute Gasteiger partial charge is 0.457 e. The van der Waals surface area contributed by atoms with E-state index in [2.05, 4.69) is 10.5 Å². The molecule has 9 nitrogen and oxygen atoms in total. The Morgan fingerprint density at radius 3 is 2.47 bits per heavy atom. The Morgan fingerprint density at radius 2 is 1.87 bits per heavy atom. The van der Waals surface area contributed by atoms with Gasteiger partial charge in [-0.2, -0.15) is 0 Å². The van der Waals surface area contributed by atoms with Crippen LogP contribution in [0.3, 0.4) is 0 Å². The van der Waals surface area contributed by atoms with Crippen LogP contribution in [0.2, 0.25) is 0 Å². The van der Waals surface area contributed by atoms with E-state index >= 15 is 0 Å². The van der Waals surface area contributed by atoms with Crippen molar-refractivity contribution >= 4 is 23.1 Å². The van der Waals surface area contributed by atoms with E-state index in [-0.39, 0.29) is 34.7 Å². The molecule has 0 aliphatic heterocycles. The number of aromatic nitrogens is 1. The Hall–Kier alpha value is -4.01. The highest BCUT2D eigenvalue weighted by molar-refractivity contribution is 6.14. The number of anilines is 1. The number of benzene rings is 2. The minimum atomic E-state index is -0.694. The Labute approximate surface area is 171 Å². The number of rotatable bonds is 7. The molecule has 2 aromatic carbocycles. The summed E-state index contributed by atoms with van der Waals surface area (Å²) in [5.41, 5.74) is 1.56. The maximum Gasteiger partial charge on any atom is 0.339 e. The Kier molecular flexibility index (Phi) is 5.91. The van der Waals surface area contributed by atoms with Crippen molar-refractivity contribution in [3.63, 3.8) is 0 Å². The highest BCUT2D eigenvalue weighted by Crippen LogP contribution is 2.27. The monoisotopic (exact) mass is 409 g/mol. The van der Waals surface area contributed by atoms with E-state index in [1.54, 1.807) is 33.0 Å². The molecule has 0 amide bonds. The van der Waals surface area contributed by atoms with E-state index < -0.39 is 16.7 Å². The minimum Gasteiger partial charge on any atom is -0.457 e. The summed E-state index contributed by atoms with van der Waals surface area (Å²) in [5.74, 6) is -0.674. The van der Waals surface area contributed by atoms with Crippen LogP contribution in [-0.4, -0.2) is 28.9 Å². The van der Waals surface area contributed by atoms with Crippen molar-refractivity contribution < 1.29 is 23.8 Å². The van der Waals surface area contributed by atoms with Gasteiger partial charge < -0.3 is 14.6 Å². The molecule has 0 radical (unpaired) electrons. The van der Waals surface area contributed by atoms with Crippen LogP contribution in [0.25, 0.3) is 0 Å². The van der Waals surface area contributed by atoms with Crippen LogP contribution < -0.4 is 5.32 Å². The first-order valence-corrected chi connectivity index (χ1v) is 9.02. The topological polar surface area (TPSA) is 125 Å². The first-order chi connectivity index (χ1) is 14.3. The zero-order valence-corrected chi connectivity index (χ0v) is 16.6. The number of nitrogens with one attached hydrogen (secondary N) is 1. The maximum atomic E-state index is 13.0. The zero-order chi connectivity index (χ0) is 21.8. The number of hydrogen-bond donors (Lipinski definition) is 1. The van der Waals surface area contributed by atoms with E-state index in [0.717, 1.165) is 0 Å². The second-order valence-electron chi connectivity index (χ2n) is 6.49. The third-order valence-corrected chi connectivity index (χ3v) is 4.65. The number of nitrogens with zero attached hydrogens (tertiary/aromatic N) is 2. The first kappa shape index (κ1) is 20.7. The zero-order valence-electron chi connectivity index (χ0n) is 16.6. The number of carbonyl (C=O) groups is 2. The number of ether oxygens (including phenoxy) is 1. The summed E-state index contributed by atoms with van der Waals surface area (Å²) in [5, 5.41) is 17.8. The van der Waals surface area contributed by atoms with Crippen molar-refractivity contribution in [1.29, 1.82) is 0 Å². The fraction of sp³-hybridized carbons (Fsp3) is 0.190. The Morgan fingerprint density at radius 1 is 1.17 bits per heavy atom. The lowest BCUT2D eigenvalue weighted by molar-refractivity contribution is -0.384. The molecule has 0 unspecified atom stereocenters. The lowest BCUT2D eigenvalue weighted by Crippen LogP contribution is -2.13. The van der Waals surface area contributed by atoms with Crippen LogP contribution in [0.5, 0.6) is 0 Å². The van der Waals surface area contributed by atoms with Crippen LogP contribution >= 0.6 is 0 Å². The third kappa shape index (κ3) is 4.04. The fourth-order valence-corrected chi connectivity index (χ4v) is 2.97. The molecule has 0 saturated carbocycles. The first-order valence-electron chi connectivity index (χ1n) is 9.02. The number of nitro benzene ring substituents is 1. The average Bonchev–Trinajstić information content (AvgIpc) is 3.08. The van der Waals surface area contributed by atoms with Gasteiger partial charge in [0.05, 0.1) is 21.7 Å². The van der Waals surface area contributed by atoms with Crippen molar-refractivity contribution in [3.8, 4) is 0 Å². The van der Waals surface area contributed by atoms with Crippen LogP contribution in [0.4, 0.5) is 11.4 Å². The molecule has 1 aromatic heterocycles. The van der Waals surface area contributed by atoms with Crippen molar-refractivity contribution in [3.05, 3.63) is 86.3 Å². The third-order valence-electron chi connectivity index (χ3n) is 4.65. The number of ketones is 1. The summed E-state index contributed by atoms with van der Waals surface area (Å²) in [6.45, 7) is 3.39. The second-order valence-corrected chi connectivity index (χ2v) is 6.49. The molecule has 0 fully saturated rings. The number of aryl methyl sites for hydroxylation is 2. The maximum absolute atomic E-state index is 13.0. The van der Waals surface area contributed by atoms with Crippen molar-refractivity contribution in [2.24, 2.45) is 0 Å². The molecule has 0 bridgehead atoms. The van der Waals surface area contributed by atoms with Gasteiger partial charge in [-0.15, -0.1) is 0 Å². The molecule has 1 heterocycles. The number of carbonyl (C=O) groups excluding carboxylic acids is 2. The molecule has 1 N–H and O–H groups in total. The fourth-order valence-electron chi connectivity index (χ4n) is 2.97. The highest BCUT2D eigenvalue weighted by Gasteiger charge is 2.23. The molecule has 3 rings (SSSR count). The molecule has 0 aliphatic carbocycles. The predicted octanol–water partition coefficient (Wildman–Crippen LogP) is 3.83. The van der Waals surface area contributed by atoms with Crippen molar-refractivity contribution in [2.45, 2.75) is 20.5 Å². The Bertz CT molecular complexity index is 1120. The molecular weight excluding hydrogens is 390 g/mol. The van der Waals surface area contributed by atoms with E-state index in [4.69, 9.17) is 9.26 Å². The van der Waals surface area contributed by atoms with Gasteiger partial charge in [0.25, 0.3) is 5.69 Å². The number of nitro groups is 1. The van der Waals surface area contributed by atoms with Gasteiger partial charge in [0, 0.05) is 24.2 Å². The molecule has 9 heteroatoms. The quantitative estimate of drug-likeness (QED) is 0.270. The molecular formula is C21H19N3O6. The lowest BCUT2D eigenvalue weighted by atomic mass is 9.97. The van der Waals surface area contributed by atoms with Crippen molar-refractivity contribution in [2.75, 3.05) is 12.4 Å². The predicted molar refractivity (Wildman–Crippen MR) is 108 cm³/mol. The average molecular weight is 409 g/mol. The molecule has 0 spiro atoms. The van der Waals surface area contributed by atoms with E-state index in [9.17, 15) is 19.7 Å². The molecule has 0 atom stereocenters. The van der Waals surface area contributed by atoms with Gasteiger partial charge in [-0.25, -0.2) is 4.79 Å². The smallest absolute Gasteiger partial charge is 0.339 e. The molecule has 0 aliphatic rings. The second kappa shape index (κ2) is 8.56. The van der Waals surface area contributed by atoms with Gasteiger partial charge in [0.1, 0.15) is 18.1 Å². The molecule has 30 heavy (non-hydrogen) atoms. The van der Waals surface area contributed by atoms with Crippen LogP contribution in [-0.2, 0) is 11.3 Å². The number of esters is 1. The van der Waals surface area contributed by atoms with Gasteiger partial charge >= 0.3 is 5.97 Å². The van der Waals surface area contributed by atoms with Gasteiger partial charge in [-0.1, -0.05) is 23.4 Å². The normalized spacial score (nSPS) is 10.5. The van der Waals surface area contributed by atoms with Gasteiger partial charge in [-0.05, 0) is 32.0 Å². The number of hydrogen-bond acceptors (Lipinski definition) is 8. The van der Waals surface area contributed by atoms with E-state index in [1.165, 1.54) is 30.3 Å². The molecule has 154 valence electrons. The summed E-state index contributed by atoms with van der Waals surface area (Å²) in [4.78, 5) is 36.4. The molecule has 3 aromatic rings. The van der Waals surface area contributed by atoms with Crippen LogP contribution in [0.1, 0.15) is 43.3 Å². The summed E-state index contributed by atoms with van der Waals surface area (Å²) < 4.78 is 10.4. The van der Waals surface area contributed by atoms with Gasteiger partial charge in [0.2, 0.25) is 0 Å². The van der Waals surface area contributed by atoms with E-state index in [0.29, 0.717) is 17.0 Å². The van der Waals surface area contributed by atoms with E-state index in [1.807, 2.05) is 0 Å². The minimum absolute atomic E-state index is 0.0507. The summed E-state index contributed by atoms with van der Waals surface area (Å²) >= 11 is 0. The SMILES string of the molecule is CNc1ccc(C(=O)c2ccccc2C(=O)OCc2c(C)noc2C)cc1[N+](=O)[O-]. The Balaban J connectivity index is 1.89. The van der Waals surface area contributed by atoms with Crippen molar-refractivity contribution in [1.82, 2.24) is 5.16 Å². The summed E-state index contributed by atoms with van der Waals surface area (Å²) in [6.07, 6.45) is 0. The van der Waals surface area contributed by atoms with Crippen LogP contribution in [0.15, 0.2) is 47.0 Å². The lowest BCUT2D eigenvalue weighted by Gasteiger charge is -2.10. The standard InChI is InChI=1S/C21H19N3O6/c1-12-17(13(2)30-23-12)11-29-21(26)16-7-5-4-6-15(16)20(25)14-8-9-18(22-3)19(10-14)24(27)28/h4-10,22H,11H2,1-3H3. The summed E-state index contributed by atoms with van der Waals surface area (Å²) in [6, 6.07) is 10.3. The van der Waals surface area contributed by atoms with Gasteiger partial charge in [-0.3, -0.25) is 14.9 Å². The molecule has 0 saturated heterocycles. The summed E-state index contributed by atoms with van der Waals surface area (Å²) in [7, 11) is 1.55. The van der Waals surface area contributed by atoms with Gasteiger partial charge in [0.15, 0.2) is 5.78 Å². The highest BCUT2D eigenvalue weighted by atomic mass is 16.6.